The quantitative estimate of drug-likeness (QED) is 0.144. The highest BCUT2D eigenvalue weighted by atomic mass is 15.0. The molecule has 0 saturated heterocycles. The Kier molecular flexibility index (Phi) is 12.1. The summed E-state index contributed by atoms with van der Waals surface area (Å²) in [7, 11) is 0. The average Bonchev–Trinajstić information content (AvgIpc) is 2.84. The average molecular weight is 1040 g/mol. The van der Waals surface area contributed by atoms with Gasteiger partial charge in [-0.3, -0.25) is 4.98 Å². The molecule has 12 aromatic rings. The molecule has 374 valence electrons. The van der Waals surface area contributed by atoms with Crippen LogP contribution < -0.4 is 0 Å². The van der Waals surface area contributed by atoms with E-state index in [2.05, 4.69) is 58.9 Å². The molecule has 12 rings (SSSR count). The topological polar surface area (TPSA) is 159 Å². The number of hydrogen-bond donors (Lipinski definition) is 0. The molecule has 3 heterocycles. The first kappa shape index (κ1) is 50.0. The number of aromatic nitrogens is 3. The molecule has 82 heavy (non-hydrogen) atoms. The molecule has 0 N–H and O–H groups in total. The van der Waals surface area contributed by atoms with Gasteiger partial charge in [-0.25, -0.2) is 19.4 Å². The summed E-state index contributed by atoms with van der Waals surface area (Å²) in [5.41, 5.74) is 15.4. The normalized spacial score (nSPS) is 10.7. The van der Waals surface area contributed by atoms with Gasteiger partial charge in [0, 0.05) is 60.8 Å². The molecule has 0 bridgehead atoms. The molecule has 0 radical (unpaired) electrons. The van der Waals surface area contributed by atoms with Crippen molar-refractivity contribution in [3.05, 3.63) is 255 Å². The maximum Gasteiger partial charge on any atom is 0.189 e. The van der Waals surface area contributed by atoms with Gasteiger partial charge >= 0.3 is 0 Å². The molecule has 0 aliphatic heterocycles. The number of nitriles is 5. The fourth-order valence-electron chi connectivity index (χ4n) is 11.2. The van der Waals surface area contributed by atoms with Crippen LogP contribution in [0.25, 0.3) is 130 Å². The van der Waals surface area contributed by atoms with E-state index in [1.165, 1.54) is 0 Å². The number of fused-ring (bicyclic) bond motifs is 6. The van der Waals surface area contributed by atoms with Crippen LogP contribution in [-0.2, 0) is 0 Å². The van der Waals surface area contributed by atoms with Crippen LogP contribution >= 0.6 is 0 Å². The lowest BCUT2D eigenvalue weighted by Crippen LogP contribution is -2.06. The van der Waals surface area contributed by atoms with Gasteiger partial charge in [0.05, 0.1) is 95.6 Å². The van der Waals surface area contributed by atoms with Crippen molar-refractivity contribution < 1.29 is 0 Å². The molecule has 0 aliphatic rings. The first-order chi connectivity index (χ1) is 39.9. The van der Waals surface area contributed by atoms with Gasteiger partial charge in [0.25, 0.3) is 0 Å². The van der Waals surface area contributed by atoms with Crippen LogP contribution in [0.15, 0.2) is 170 Å². The van der Waals surface area contributed by atoms with Crippen molar-refractivity contribution in [3.8, 4) is 97.4 Å². The lowest BCUT2D eigenvalue weighted by atomic mass is 9.97. The summed E-state index contributed by atoms with van der Waals surface area (Å²) < 4.78 is 4.25. The standard InChI is InChI=1S/C70H34N12/c1-40-15-55(16-41(2)80-40)70-68(81-64-31-47(51-17-42(35-71)21-56(27-51)76-3)7-11-60(64)61-12-8-48(32-65(61)81)52-18-43(36-72)22-57(28-52)77-4)25-46(39-75)26-69(70)82-66-33-49(53-19-44(37-73)23-58(29-53)78-5)9-13-62(66)63-14-10-50(34-67(63)82)54-20-45(38-74)24-59(30-54)79-6/h7-34H,1-2H3. The van der Waals surface area contributed by atoms with E-state index in [1.54, 1.807) is 72.8 Å². The van der Waals surface area contributed by atoms with Crippen molar-refractivity contribution in [3.63, 3.8) is 0 Å². The summed E-state index contributed by atoms with van der Waals surface area (Å²) in [4.78, 5) is 19.6. The number of pyridine rings is 1. The second-order valence-electron chi connectivity index (χ2n) is 19.7. The highest BCUT2D eigenvalue weighted by Crippen LogP contribution is 2.46. The maximum atomic E-state index is 11.4. The molecule has 0 fully saturated rings. The summed E-state index contributed by atoms with van der Waals surface area (Å²) in [6, 6.07) is 63.3. The molecule has 0 unspecified atom stereocenters. The third-order valence-electron chi connectivity index (χ3n) is 14.6. The Labute approximate surface area is 470 Å². The van der Waals surface area contributed by atoms with Gasteiger partial charge in [-0.2, -0.15) is 26.3 Å². The summed E-state index contributed by atoms with van der Waals surface area (Å²) in [5, 5.41) is 55.2. The zero-order valence-corrected chi connectivity index (χ0v) is 43.5. The molecule has 0 atom stereocenters. The highest BCUT2D eigenvalue weighted by Gasteiger charge is 2.26. The van der Waals surface area contributed by atoms with Gasteiger partial charge in [-0.1, -0.05) is 48.5 Å². The Balaban J connectivity index is 1.27. The highest BCUT2D eigenvalue weighted by molar-refractivity contribution is 6.14. The molecule has 12 heteroatoms. The van der Waals surface area contributed by atoms with E-state index in [0.717, 1.165) is 82.8 Å². The number of hydrogen-bond acceptors (Lipinski definition) is 6. The van der Waals surface area contributed by atoms with Gasteiger partial charge in [-0.15, -0.1) is 0 Å². The summed E-state index contributed by atoms with van der Waals surface area (Å²) in [6.07, 6.45) is 0. The van der Waals surface area contributed by atoms with E-state index in [0.29, 0.717) is 89.8 Å². The van der Waals surface area contributed by atoms with E-state index in [4.69, 9.17) is 31.3 Å². The number of aryl methyl sites for hydroxylation is 2. The Bertz CT molecular complexity index is 4550. The largest absolute Gasteiger partial charge is 0.308 e. The Morgan fingerprint density at radius 1 is 0.317 bits per heavy atom. The lowest BCUT2D eigenvalue weighted by Gasteiger charge is -2.22. The van der Waals surface area contributed by atoms with E-state index < -0.39 is 0 Å². The van der Waals surface area contributed by atoms with Crippen LogP contribution in [0.3, 0.4) is 0 Å². The Hall–Kier alpha value is -12.9. The molecule has 12 nitrogen and oxygen atoms in total. The van der Waals surface area contributed by atoms with Crippen molar-refractivity contribution >= 4 is 66.4 Å². The molecule has 9 aromatic carbocycles. The van der Waals surface area contributed by atoms with Crippen molar-refractivity contribution in [2.45, 2.75) is 13.8 Å². The van der Waals surface area contributed by atoms with Crippen LogP contribution in [0.1, 0.15) is 39.2 Å². The lowest BCUT2D eigenvalue weighted by molar-refractivity contribution is 1.11. The minimum Gasteiger partial charge on any atom is -0.308 e. The van der Waals surface area contributed by atoms with Gasteiger partial charge in [-0.05, 0) is 185 Å². The Morgan fingerprint density at radius 3 is 0.841 bits per heavy atom. The van der Waals surface area contributed by atoms with E-state index in [1.807, 2.05) is 111 Å². The van der Waals surface area contributed by atoms with Crippen LogP contribution in [0.4, 0.5) is 22.7 Å². The number of benzene rings is 9. The molecule has 0 amide bonds. The second kappa shape index (κ2) is 19.9. The zero-order chi connectivity index (χ0) is 56.9. The van der Waals surface area contributed by atoms with Crippen LogP contribution in [0.5, 0.6) is 0 Å². The molecular weight excluding hydrogens is 1010 g/mol. The number of rotatable bonds is 7. The van der Waals surface area contributed by atoms with Crippen molar-refractivity contribution in [1.82, 2.24) is 14.1 Å². The molecular formula is C70H34N12. The fourth-order valence-corrected chi connectivity index (χ4v) is 11.2. The van der Waals surface area contributed by atoms with Gasteiger partial charge in [0.2, 0.25) is 0 Å². The predicted molar refractivity (Wildman–Crippen MR) is 318 cm³/mol. The Morgan fingerprint density at radius 2 is 0.585 bits per heavy atom. The minimum atomic E-state index is 0.305. The summed E-state index contributed by atoms with van der Waals surface area (Å²) >= 11 is 0. The van der Waals surface area contributed by atoms with Crippen LogP contribution in [0.2, 0.25) is 0 Å². The smallest absolute Gasteiger partial charge is 0.189 e. The molecule has 0 aliphatic carbocycles. The van der Waals surface area contributed by atoms with E-state index in [9.17, 15) is 26.3 Å². The SMILES string of the molecule is [C-]#[N+]c1cc(C#N)cc(-c2ccc3c4ccc(-c5cc(C#N)cc([N+]#[C-])c5)cc4n(-c4cc(C#N)cc(-n5c6cc(-c7cc(C#N)cc([N+]#[C-])c7)ccc6c6ccc(-c7cc(C#N)cc([N+]#[C-])c7)cc65)c4-c4cc(C)nc(C)c4)c3c2)c1. The van der Waals surface area contributed by atoms with Crippen molar-refractivity contribution in [1.29, 1.82) is 26.3 Å². The van der Waals surface area contributed by atoms with Gasteiger partial charge < -0.3 is 9.13 Å². The molecule has 0 saturated carbocycles. The monoisotopic (exact) mass is 1040 g/mol. The van der Waals surface area contributed by atoms with E-state index >= 15 is 0 Å². The predicted octanol–water partition coefficient (Wildman–Crippen LogP) is 17.8. The summed E-state index contributed by atoms with van der Waals surface area (Å²) in [6.45, 7) is 35.4. The van der Waals surface area contributed by atoms with Crippen LogP contribution in [0, 0.1) is 96.8 Å². The first-order valence-corrected chi connectivity index (χ1v) is 25.4. The van der Waals surface area contributed by atoms with Crippen molar-refractivity contribution in [2.75, 3.05) is 0 Å². The third kappa shape index (κ3) is 8.57. The van der Waals surface area contributed by atoms with E-state index in [-0.39, 0.29) is 0 Å². The number of nitrogens with zero attached hydrogens (tertiary/aromatic N) is 12. The maximum absolute atomic E-state index is 11.4. The van der Waals surface area contributed by atoms with Gasteiger partial charge in [0.15, 0.2) is 22.7 Å². The second-order valence-corrected chi connectivity index (χ2v) is 19.7. The minimum absolute atomic E-state index is 0.305. The zero-order valence-electron chi connectivity index (χ0n) is 43.5. The summed E-state index contributed by atoms with van der Waals surface area (Å²) in [5.74, 6) is 0. The third-order valence-corrected chi connectivity index (χ3v) is 14.6. The fraction of sp³-hybridized carbons (Fsp3) is 0.0286. The van der Waals surface area contributed by atoms with Gasteiger partial charge in [0.1, 0.15) is 0 Å². The first-order valence-electron chi connectivity index (χ1n) is 25.4. The van der Waals surface area contributed by atoms with Crippen LogP contribution in [-0.4, -0.2) is 14.1 Å². The molecule has 3 aromatic heterocycles. The molecule has 0 spiro atoms. The van der Waals surface area contributed by atoms with Crippen molar-refractivity contribution in [2.24, 2.45) is 0 Å².